The van der Waals surface area contributed by atoms with Crippen molar-refractivity contribution in [1.29, 1.82) is 0 Å². The van der Waals surface area contributed by atoms with Crippen LogP contribution in [0.25, 0.3) is 0 Å². The summed E-state index contributed by atoms with van der Waals surface area (Å²) in [4.78, 5) is 23.3. The number of ether oxygens (including phenoxy) is 2. The van der Waals surface area contributed by atoms with E-state index in [0.717, 1.165) is 31.7 Å². The maximum absolute atomic E-state index is 12.5. The summed E-state index contributed by atoms with van der Waals surface area (Å²) < 4.78 is 10.5. The number of benzene rings is 1. The predicted molar refractivity (Wildman–Crippen MR) is 102 cm³/mol. The lowest BCUT2D eigenvalue weighted by Crippen LogP contribution is -2.26. The fourth-order valence-electron chi connectivity index (χ4n) is 2.58. The molecule has 0 aliphatic carbocycles. The van der Waals surface area contributed by atoms with Crippen LogP contribution >= 0.6 is 0 Å². The first-order chi connectivity index (χ1) is 12.6. The zero-order chi connectivity index (χ0) is 18.9. The molecule has 140 valence electrons. The van der Waals surface area contributed by atoms with Gasteiger partial charge < -0.3 is 19.7 Å². The summed E-state index contributed by atoms with van der Waals surface area (Å²) in [5.41, 5.74) is 0.757. The van der Waals surface area contributed by atoms with Crippen LogP contribution in [0.3, 0.4) is 0 Å². The predicted octanol–water partition coefficient (Wildman–Crippen LogP) is 3.37. The molecule has 0 aliphatic rings. The third-order valence-electron chi connectivity index (χ3n) is 3.84. The number of hydrogen-bond donors (Lipinski definition) is 1. The van der Waals surface area contributed by atoms with E-state index in [1.165, 1.54) is 6.20 Å². The molecule has 2 rings (SSSR count). The first-order valence-electron chi connectivity index (χ1n) is 8.73. The molecule has 1 aromatic carbocycles. The van der Waals surface area contributed by atoms with E-state index in [0.29, 0.717) is 17.2 Å². The maximum Gasteiger partial charge on any atom is 0.275 e. The standard InChI is InChI=1S/C19H26N4O3/c1-5-9-23(10-6-2)18-13-20-16(12-21-18)19(24)22-15-11-14(25-3)7-8-17(15)26-4/h7-8,11-13H,5-6,9-10H2,1-4H3,(H,22,24). The molecule has 0 saturated carbocycles. The largest absolute Gasteiger partial charge is 0.497 e. The zero-order valence-corrected chi connectivity index (χ0v) is 15.8. The number of carbonyl (C=O) groups excluding carboxylic acids is 1. The van der Waals surface area contributed by atoms with Crippen molar-refractivity contribution in [3.8, 4) is 11.5 Å². The van der Waals surface area contributed by atoms with E-state index in [2.05, 4.69) is 34.0 Å². The normalized spacial score (nSPS) is 10.3. The average molecular weight is 358 g/mol. The van der Waals surface area contributed by atoms with Crippen LogP contribution in [0.15, 0.2) is 30.6 Å². The van der Waals surface area contributed by atoms with Gasteiger partial charge in [0.2, 0.25) is 0 Å². The van der Waals surface area contributed by atoms with E-state index in [1.807, 2.05) is 0 Å². The van der Waals surface area contributed by atoms with Gasteiger partial charge in [-0.25, -0.2) is 9.97 Å². The molecule has 7 heteroatoms. The van der Waals surface area contributed by atoms with Crippen molar-refractivity contribution in [2.24, 2.45) is 0 Å². The SMILES string of the molecule is CCCN(CCC)c1cnc(C(=O)Nc2cc(OC)ccc2OC)cn1. The number of nitrogens with one attached hydrogen (secondary N) is 1. The molecule has 7 nitrogen and oxygen atoms in total. The van der Waals surface area contributed by atoms with E-state index in [9.17, 15) is 4.79 Å². The highest BCUT2D eigenvalue weighted by Gasteiger charge is 2.14. The van der Waals surface area contributed by atoms with E-state index >= 15 is 0 Å². The van der Waals surface area contributed by atoms with Crippen molar-refractivity contribution in [3.05, 3.63) is 36.3 Å². The van der Waals surface area contributed by atoms with Crippen LogP contribution in [0.1, 0.15) is 37.2 Å². The number of carbonyl (C=O) groups is 1. The highest BCUT2D eigenvalue weighted by atomic mass is 16.5. The molecule has 2 aromatic rings. The molecular weight excluding hydrogens is 332 g/mol. The number of anilines is 2. The molecule has 0 fully saturated rings. The van der Waals surface area contributed by atoms with Gasteiger partial charge in [0.25, 0.3) is 5.91 Å². The lowest BCUT2D eigenvalue weighted by Gasteiger charge is -2.22. The van der Waals surface area contributed by atoms with Gasteiger partial charge in [-0.15, -0.1) is 0 Å². The Morgan fingerprint density at radius 1 is 1.08 bits per heavy atom. The molecule has 0 atom stereocenters. The van der Waals surface area contributed by atoms with Gasteiger partial charge in [0.15, 0.2) is 0 Å². The number of rotatable bonds is 9. The molecule has 1 amide bonds. The molecule has 0 saturated heterocycles. The summed E-state index contributed by atoms with van der Waals surface area (Å²) in [5, 5.41) is 2.79. The van der Waals surface area contributed by atoms with Gasteiger partial charge in [-0.1, -0.05) is 13.8 Å². The molecule has 0 aliphatic heterocycles. The molecule has 0 bridgehead atoms. The van der Waals surface area contributed by atoms with Crippen LogP contribution in [0.5, 0.6) is 11.5 Å². The van der Waals surface area contributed by atoms with Crippen molar-refractivity contribution >= 4 is 17.4 Å². The molecule has 0 radical (unpaired) electrons. The third-order valence-corrected chi connectivity index (χ3v) is 3.84. The Morgan fingerprint density at radius 2 is 1.81 bits per heavy atom. The fourth-order valence-corrected chi connectivity index (χ4v) is 2.58. The molecule has 0 spiro atoms. The van der Waals surface area contributed by atoms with Crippen molar-refractivity contribution in [1.82, 2.24) is 9.97 Å². The number of nitrogens with zero attached hydrogens (tertiary/aromatic N) is 3. The number of amides is 1. The van der Waals surface area contributed by atoms with Crippen LogP contribution in [-0.2, 0) is 0 Å². The van der Waals surface area contributed by atoms with Crippen molar-refractivity contribution in [3.63, 3.8) is 0 Å². The second-order valence-corrected chi connectivity index (χ2v) is 5.77. The Labute approximate surface area is 154 Å². The van der Waals surface area contributed by atoms with Gasteiger partial charge in [-0.3, -0.25) is 4.79 Å². The van der Waals surface area contributed by atoms with Crippen LogP contribution < -0.4 is 19.7 Å². The van der Waals surface area contributed by atoms with E-state index in [1.54, 1.807) is 38.6 Å². The highest BCUT2D eigenvalue weighted by molar-refractivity contribution is 6.03. The monoisotopic (exact) mass is 358 g/mol. The summed E-state index contributed by atoms with van der Waals surface area (Å²) in [6.45, 7) is 6.07. The summed E-state index contributed by atoms with van der Waals surface area (Å²) in [5.74, 6) is 1.59. The number of hydrogen-bond acceptors (Lipinski definition) is 6. The Morgan fingerprint density at radius 3 is 2.35 bits per heavy atom. The molecule has 1 aromatic heterocycles. The first kappa shape index (κ1) is 19.5. The lowest BCUT2D eigenvalue weighted by atomic mass is 10.2. The topological polar surface area (TPSA) is 76.6 Å². The van der Waals surface area contributed by atoms with Crippen molar-refractivity contribution < 1.29 is 14.3 Å². The second kappa shape index (κ2) is 9.60. The fraction of sp³-hybridized carbons (Fsp3) is 0.421. The first-order valence-corrected chi connectivity index (χ1v) is 8.73. The minimum atomic E-state index is -0.354. The summed E-state index contributed by atoms with van der Waals surface area (Å²) in [6.07, 6.45) is 5.19. The highest BCUT2D eigenvalue weighted by Crippen LogP contribution is 2.29. The lowest BCUT2D eigenvalue weighted by molar-refractivity contribution is 0.102. The smallest absolute Gasteiger partial charge is 0.275 e. The van der Waals surface area contributed by atoms with Crippen LogP contribution in [0.4, 0.5) is 11.5 Å². The zero-order valence-electron chi connectivity index (χ0n) is 15.8. The second-order valence-electron chi connectivity index (χ2n) is 5.77. The third kappa shape index (κ3) is 4.84. The summed E-state index contributed by atoms with van der Waals surface area (Å²) in [6, 6.07) is 5.19. The Bertz CT molecular complexity index is 713. The van der Waals surface area contributed by atoms with Crippen molar-refractivity contribution in [2.75, 3.05) is 37.5 Å². The van der Waals surface area contributed by atoms with Gasteiger partial charge in [0.1, 0.15) is 23.0 Å². The van der Waals surface area contributed by atoms with E-state index < -0.39 is 0 Å². The van der Waals surface area contributed by atoms with Gasteiger partial charge in [-0.05, 0) is 25.0 Å². The van der Waals surface area contributed by atoms with E-state index in [4.69, 9.17) is 9.47 Å². The Kier molecular flexibility index (Phi) is 7.20. The van der Waals surface area contributed by atoms with Crippen LogP contribution in [-0.4, -0.2) is 43.2 Å². The molecule has 1 heterocycles. The molecule has 1 N–H and O–H groups in total. The maximum atomic E-state index is 12.5. The van der Waals surface area contributed by atoms with Gasteiger partial charge in [0, 0.05) is 19.2 Å². The van der Waals surface area contributed by atoms with Gasteiger partial charge in [0.05, 0.1) is 32.3 Å². The quantitative estimate of drug-likeness (QED) is 0.741. The minimum absolute atomic E-state index is 0.242. The Balaban J connectivity index is 2.15. The number of aromatic nitrogens is 2. The summed E-state index contributed by atoms with van der Waals surface area (Å²) in [7, 11) is 3.11. The van der Waals surface area contributed by atoms with E-state index in [-0.39, 0.29) is 11.6 Å². The average Bonchev–Trinajstić information content (AvgIpc) is 2.67. The minimum Gasteiger partial charge on any atom is -0.497 e. The summed E-state index contributed by atoms with van der Waals surface area (Å²) >= 11 is 0. The molecule has 26 heavy (non-hydrogen) atoms. The Hall–Kier alpha value is -2.83. The molecule has 0 unspecified atom stereocenters. The van der Waals surface area contributed by atoms with Crippen LogP contribution in [0.2, 0.25) is 0 Å². The van der Waals surface area contributed by atoms with Gasteiger partial charge in [-0.2, -0.15) is 0 Å². The molecular formula is C19H26N4O3. The van der Waals surface area contributed by atoms with Crippen molar-refractivity contribution in [2.45, 2.75) is 26.7 Å². The van der Waals surface area contributed by atoms with Gasteiger partial charge >= 0.3 is 0 Å². The van der Waals surface area contributed by atoms with Crippen LogP contribution in [0, 0.1) is 0 Å². The number of methoxy groups -OCH3 is 2.